The molecule has 6 nitrogen and oxygen atoms in total. The fraction of sp³-hybridized carbons (Fsp3) is 0.353. The summed E-state index contributed by atoms with van der Waals surface area (Å²) in [5.41, 5.74) is 1.81. The first kappa shape index (κ1) is 15.3. The molecule has 1 aliphatic heterocycles. The van der Waals surface area contributed by atoms with Gasteiger partial charge in [-0.25, -0.2) is 4.68 Å². The SMILES string of the molecule is O=C(Cc1ccc(-n2cccn2)cc1)OC[C@@H]1CCCNC1=O. The summed E-state index contributed by atoms with van der Waals surface area (Å²) in [5.74, 6) is -0.544. The summed E-state index contributed by atoms with van der Waals surface area (Å²) in [4.78, 5) is 23.5. The van der Waals surface area contributed by atoms with E-state index in [1.165, 1.54) is 0 Å². The van der Waals surface area contributed by atoms with Gasteiger partial charge in [0, 0.05) is 18.9 Å². The standard InChI is InChI=1S/C17H19N3O3/c21-16(23-12-14-3-1-8-18-17(14)22)11-13-4-6-15(7-5-13)20-10-2-9-19-20/h2,4-7,9-10,14H,1,3,8,11-12H2,(H,18,22)/t14-/m0/s1. The molecule has 1 fully saturated rings. The van der Waals surface area contributed by atoms with E-state index in [1.807, 2.05) is 36.5 Å². The molecule has 0 bridgehead atoms. The van der Waals surface area contributed by atoms with Crippen LogP contribution in [0.1, 0.15) is 18.4 Å². The van der Waals surface area contributed by atoms with E-state index in [1.54, 1.807) is 10.9 Å². The van der Waals surface area contributed by atoms with Crippen LogP contribution in [0.4, 0.5) is 0 Å². The lowest BCUT2D eigenvalue weighted by Crippen LogP contribution is -2.39. The van der Waals surface area contributed by atoms with Crippen molar-refractivity contribution < 1.29 is 14.3 Å². The highest BCUT2D eigenvalue weighted by molar-refractivity contribution is 5.80. The quantitative estimate of drug-likeness (QED) is 0.849. The van der Waals surface area contributed by atoms with E-state index in [-0.39, 0.29) is 30.8 Å². The third-order valence-electron chi connectivity index (χ3n) is 3.90. The Kier molecular flexibility index (Phi) is 4.71. The predicted octanol–water partition coefficient (Wildman–Crippen LogP) is 1.48. The van der Waals surface area contributed by atoms with Gasteiger partial charge in [0.1, 0.15) is 6.61 Å². The van der Waals surface area contributed by atoms with Crippen LogP contribution in [-0.4, -0.2) is 34.8 Å². The maximum Gasteiger partial charge on any atom is 0.310 e. The monoisotopic (exact) mass is 313 g/mol. The van der Waals surface area contributed by atoms with Crippen molar-refractivity contribution >= 4 is 11.9 Å². The van der Waals surface area contributed by atoms with Gasteiger partial charge in [-0.05, 0) is 36.6 Å². The van der Waals surface area contributed by atoms with Crippen LogP contribution in [0.3, 0.4) is 0 Å². The molecule has 3 rings (SSSR count). The van der Waals surface area contributed by atoms with E-state index in [2.05, 4.69) is 10.4 Å². The van der Waals surface area contributed by atoms with Crippen LogP contribution in [0.2, 0.25) is 0 Å². The predicted molar refractivity (Wildman–Crippen MR) is 84.0 cm³/mol. The zero-order valence-corrected chi connectivity index (χ0v) is 12.8. The number of piperidine rings is 1. The van der Waals surface area contributed by atoms with Gasteiger partial charge >= 0.3 is 5.97 Å². The largest absolute Gasteiger partial charge is 0.465 e. The number of hydrogen-bond donors (Lipinski definition) is 1. The van der Waals surface area contributed by atoms with Crippen molar-refractivity contribution in [1.29, 1.82) is 0 Å². The number of hydrogen-bond acceptors (Lipinski definition) is 4. The van der Waals surface area contributed by atoms with Crippen molar-refractivity contribution in [2.45, 2.75) is 19.3 Å². The van der Waals surface area contributed by atoms with Crippen LogP contribution < -0.4 is 5.32 Å². The molecule has 23 heavy (non-hydrogen) atoms. The van der Waals surface area contributed by atoms with Crippen LogP contribution in [0.15, 0.2) is 42.7 Å². The molecule has 0 radical (unpaired) electrons. The van der Waals surface area contributed by atoms with E-state index in [0.717, 1.165) is 24.1 Å². The lowest BCUT2D eigenvalue weighted by Gasteiger charge is -2.21. The highest BCUT2D eigenvalue weighted by Gasteiger charge is 2.23. The number of ether oxygens (including phenoxy) is 1. The summed E-state index contributed by atoms with van der Waals surface area (Å²) < 4.78 is 6.99. The Morgan fingerprint density at radius 1 is 1.35 bits per heavy atom. The Balaban J connectivity index is 1.50. The maximum atomic E-state index is 11.9. The second-order valence-corrected chi connectivity index (χ2v) is 5.61. The minimum atomic E-state index is -0.310. The summed E-state index contributed by atoms with van der Waals surface area (Å²) in [7, 11) is 0. The molecule has 1 N–H and O–H groups in total. The van der Waals surface area contributed by atoms with Crippen LogP contribution in [0.5, 0.6) is 0 Å². The van der Waals surface area contributed by atoms with Gasteiger partial charge < -0.3 is 10.1 Å². The Bertz CT molecular complexity index is 665. The summed E-state index contributed by atoms with van der Waals surface area (Å²) in [6.07, 6.45) is 5.49. The topological polar surface area (TPSA) is 73.2 Å². The molecule has 2 heterocycles. The first-order chi connectivity index (χ1) is 11.2. The number of benzene rings is 1. The van der Waals surface area contributed by atoms with Crippen LogP contribution >= 0.6 is 0 Å². The fourth-order valence-electron chi connectivity index (χ4n) is 2.59. The van der Waals surface area contributed by atoms with E-state index >= 15 is 0 Å². The molecule has 1 amide bonds. The number of aromatic nitrogens is 2. The summed E-state index contributed by atoms with van der Waals surface area (Å²) in [6.45, 7) is 0.877. The van der Waals surface area contributed by atoms with E-state index in [0.29, 0.717) is 6.54 Å². The summed E-state index contributed by atoms with van der Waals surface area (Å²) >= 11 is 0. The Hall–Kier alpha value is -2.63. The van der Waals surface area contributed by atoms with Gasteiger partial charge in [0.15, 0.2) is 0 Å². The molecule has 0 unspecified atom stereocenters. The molecule has 1 aromatic carbocycles. The smallest absolute Gasteiger partial charge is 0.310 e. The second kappa shape index (κ2) is 7.09. The minimum absolute atomic E-state index is 0.0207. The fourth-order valence-corrected chi connectivity index (χ4v) is 2.59. The van der Waals surface area contributed by atoms with Gasteiger partial charge in [0.2, 0.25) is 5.91 Å². The molecular formula is C17H19N3O3. The molecule has 2 aromatic rings. The van der Waals surface area contributed by atoms with Crippen molar-refractivity contribution in [1.82, 2.24) is 15.1 Å². The highest BCUT2D eigenvalue weighted by atomic mass is 16.5. The first-order valence-electron chi connectivity index (χ1n) is 7.74. The van der Waals surface area contributed by atoms with Gasteiger partial charge in [-0.1, -0.05) is 12.1 Å². The van der Waals surface area contributed by atoms with Crippen LogP contribution in [-0.2, 0) is 20.7 Å². The maximum absolute atomic E-state index is 11.9. The van der Waals surface area contributed by atoms with Gasteiger partial charge in [-0.15, -0.1) is 0 Å². The molecule has 1 atom stereocenters. The molecule has 1 saturated heterocycles. The third kappa shape index (κ3) is 3.97. The van der Waals surface area contributed by atoms with Crippen LogP contribution in [0.25, 0.3) is 5.69 Å². The number of esters is 1. The third-order valence-corrected chi connectivity index (χ3v) is 3.90. The number of carbonyl (C=O) groups is 2. The van der Waals surface area contributed by atoms with Crippen LogP contribution in [0, 0.1) is 5.92 Å². The van der Waals surface area contributed by atoms with Gasteiger partial charge in [-0.2, -0.15) is 5.10 Å². The number of amides is 1. The average molecular weight is 313 g/mol. The Labute approximate surface area is 134 Å². The zero-order valence-electron chi connectivity index (χ0n) is 12.8. The lowest BCUT2D eigenvalue weighted by atomic mass is 10.00. The Morgan fingerprint density at radius 3 is 2.87 bits per heavy atom. The van der Waals surface area contributed by atoms with Gasteiger partial charge in [0.05, 0.1) is 18.0 Å². The number of nitrogens with zero attached hydrogens (tertiary/aromatic N) is 2. The second-order valence-electron chi connectivity index (χ2n) is 5.61. The zero-order chi connectivity index (χ0) is 16.1. The number of rotatable bonds is 5. The number of nitrogens with one attached hydrogen (secondary N) is 1. The van der Waals surface area contributed by atoms with Gasteiger partial charge in [0.25, 0.3) is 0 Å². The van der Waals surface area contributed by atoms with Crippen molar-refractivity contribution in [3.05, 3.63) is 48.3 Å². The van der Waals surface area contributed by atoms with Crippen molar-refractivity contribution in [3.63, 3.8) is 0 Å². The molecular weight excluding hydrogens is 294 g/mol. The average Bonchev–Trinajstić information content (AvgIpc) is 3.09. The summed E-state index contributed by atoms with van der Waals surface area (Å²) in [6, 6.07) is 9.43. The Morgan fingerprint density at radius 2 is 2.17 bits per heavy atom. The van der Waals surface area contributed by atoms with Crippen molar-refractivity contribution in [2.75, 3.05) is 13.2 Å². The van der Waals surface area contributed by atoms with E-state index < -0.39 is 0 Å². The van der Waals surface area contributed by atoms with Gasteiger partial charge in [-0.3, -0.25) is 9.59 Å². The molecule has 0 spiro atoms. The van der Waals surface area contributed by atoms with Crippen molar-refractivity contribution in [2.24, 2.45) is 5.92 Å². The highest BCUT2D eigenvalue weighted by Crippen LogP contribution is 2.13. The molecule has 0 saturated carbocycles. The molecule has 0 aliphatic carbocycles. The molecule has 1 aromatic heterocycles. The minimum Gasteiger partial charge on any atom is -0.465 e. The number of carbonyl (C=O) groups excluding carboxylic acids is 2. The lowest BCUT2D eigenvalue weighted by molar-refractivity contribution is -0.146. The first-order valence-corrected chi connectivity index (χ1v) is 7.74. The summed E-state index contributed by atoms with van der Waals surface area (Å²) in [5, 5.41) is 6.94. The van der Waals surface area contributed by atoms with E-state index in [9.17, 15) is 9.59 Å². The molecule has 1 aliphatic rings. The molecule has 120 valence electrons. The van der Waals surface area contributed by atoms with E-state index in [4.69, 9.17) is 4.74 Å². The molecule has 6 heteroatoms. The normalized spacial score (nSPS) is 17.6. The van der Waals surface area contributed by atoms with Crippen molar-refractivity contribution in [3.8, 4) is 5.69 Å².